The zero-order chi connectivity index (χ0) is 41.4. The van der Waals surface area contributed by atoms with E-state index in [1.54, 1.807) is 0 Å². The molecule has 7 nitrogen and oxygen atoms in total. The minimum atomic E-state index is -0.441. The monoisotopic (exact) mass is 875 g/mol. The van der Waals surface area contributed by atoms with Crippen LogP contribution in [-0.2, 0) is 9.59 Å². The molecule has 0 fully saturated rings. The Balaban J connectivity index is 1.87. The van der Waals surface area contributed by atoms with Gasteiger partial charge in [0.15, 0.2) is 11.6 Å². The van der Waals surface area contributed by atoms with Crippen molar-refractivity contribution in [3.05, 3.63) is 145 Å². The second kappa shape index (κ2) is 16.2. The summed E-state index contributed by atoms with van der Waals surface area (Å²) in [7, 11) is 0. The molecule has 9 heteroatoms. The van der Waals surface area contributed by atoms with E-state index in [9.17, 15) is 9.59 Å². The highest BCUT2D eigenvalue weighted by Gasteiger charge is 2.36. The average molecular weight is 878 g/mol. The Hall–Kier alpha value is -4.47. The maximum atomic E-state index is 14.0. The van der Waals surface area contributed by atoms with Crippen molar-refractivity contribution in [2.45, 2.75) is 83.1 Å². The van der Waals surface area contributed by atoms with E-state index in [-0.39, 0.29) is 11.6 Å². The quantitative estimate of drug-likeness (QED) is 0.231. The van der Waals surface area contributed by atoms with Crippen molar-refractivity contribution < 1.29 is 9.59 Å². The highest BCUT2D eigenvalue weighted by molar-refractivity contribution is 9.11. The van der Waals surface area contributed by atoms with Crippen LogP contribution in [0.2, 0.25) is 0 Å². The number of benzene rings is 2. The zero-order valence-corrected chi connectivity index (χ0v) is 37.6. The van der Waals surface area contributed by atoms with Crippen LogP contribution in [0.15, 0.2) is 154 Å². The summed E-state index contributed by atoms with van der Waals surface area (Å²) >= 11 is 7.23. The summed E-state index contributed by atoms with van der Waals surface area (Å²) in [5.41, 5.74) is 5.72. The third-order valence-electron chi connectivity index (χ3n) is 9.41. The van der Waals surface area contributed by atoms with Crippen molar-refractivity contribution in [3.63, 3.8) is 0 Å². The Labute approximate surface area is 349 Å². The van der Waals surface area contributed by atoms with Crippen LogP contribution in [-0.4, -0.2) is 16.6 Å². The molecule has 0 amide bonds. The van der Waals surface area contributed by atoms with E-state index in [0.29, 0.717) is 56.4 Å². The van der Waals surface area contributed by atoms with E-state index >= 15 is 0 Å². The van der Waals surface area contributed by atoms with Crippen LogP contribution in [0.25, 0.3) is 11.4 Å². The van der Waals surface area contributed by atoms with Gasteiger partial charge in [-0.05, 0) is 114 Å². The number of nitrogens with zero attached hydrogens (tertiary/aromatic N) is 5. The second-order valence-electron chi connectivity index (χ2n) is 18.2. The number of carbonyl (C=O) groups is 2. The number of aromatic nitrogens is 1. The Kier molecular flexibility index (Phi) is 12.3. The van der Waals surface area contributed by atoms with Crippen molar-refractivity contribution >= 4 is 66.2 Å². The maximum absolute atomic E-state index is 14.0. The van der Waals surface area contributed by atoms with Crippen molar-refractivity contribution in [2.24, 2.45) is 42.1 Å². The molecular weight excluding hydrogens is 826 g/mol. The molecule has 0 radical (unpaired) electrons. The number of ketones is 2. The number of carbonyl (C=O) groups excluding carboxylic acids is 2. The average Bonchev–Trinajstić information content (AvgIpc) is 3.09. The lowest BCUT2D eigenvalue weighted by atomic mass is 9.71. The number of halogens is 2. The first kappa shape index (κ1) is 42.7. The summed E-state index contributed by atoms with van der Waals surface area (Å²) < 4.78 is 1.58. The van der Waals surface area contributed by atoms with Crippen LogP contribution in [0.5, 0.6) is 0 Å². The smallest absolute Gasteiger partial charge is 0.186 e. The summed E-state index contributed by atoms with van der Waals surface area (Å²) in [6.07, 6.45) is 7.71. The third-order valence-corrected chi connectivity index (χ3v) is 10.8. The molecule has 0 saturated heterocycles. The highest BCUT2D eigenvalue weighted by Crippen LogP contribution is 2.43. The fraction of sp³-hybridized carbons (Fsp3) is 0.340. The molecule has 1 heterocycles. The van der Waals surface area contributed by atoms with Crippen LogP contribution >= 0.6 is 31.9 Å². The van der Waals surface area contributed by atoms with Gasteiger partial charge in [0.1, 0.15) is 11.4 Å². The highest BCUT2D eigenvalue weighted by atomic mass is 79.9. The topological polar surface area (TPSA) is 96.5 Å². The van der Waals surface area contributed by atoms with Gasteiger partial charge in [-0.25, -0.2) is 4.98 Å². The lowest BCUT2D eigenvalue weighted by molar-refractivity contribution is -0.114. The normalized spacial score (nSPS) is 16.0. The molecule has 1 aromatic heterocycles. The van der Waals surface area contributed by atoms with Gasteiger partial charge in [-0.15, -0.1) is 20.5 Å². The third kappa shape index (κ3) is 9.72. The van der Waals surface area contributed by atoms with E-state index < -0.39 is 21.7 Å². The number of hydrogen-bond acceptors (Lipinski definition) is 7. The molecule has 290 valence electrons. The van der Waals surface area contributed by atoms with Gasteiger partial charge < -0.3 is 0 Å². The molecule has 0 atom stereocenters. The van der Waals surface area contributed by atoms with Gasteiger partial charge in [-0.3, -0.25) is 9.59 Å². The lowest BCUT2D eigenvalue weighted by Gasteiger charge is -2.31. The molecule has 0 unspecified atom stereocenters. The van der Waals surface area contributed by atoms with E-state index in [2.05, 4.69) is 31.9 Å². The number of allylic oxidation sites excluding steroid dienone is 10. The predicted octanol–water partition coefficient (Wildman–Crippen LogP) is 14.7. The molecule has 2 aliphatic carbocycles. The second-order valence-corrected chi connectivity index (χ2v) is 19.9. The Morgan fingerprint density at radius 2 is 0.768 bits per heavy atom. The summed E-state index contributed by atoms with van der Waals surface area (Å²) in [5, 5.41) is 19.2. The molecule has 0 saturated carbocycles. The fourth-order valence-corrected chi connectivity index (χ4v) is 6.97. The molecule has 0 N–H and O–H groups in total. The van der Waals surface area contributed by atoms with E-state index in [0.717, 1.165) is 20.1 Å². The maximum Gasteiger partial charge on any atom is 0.186 e. The van der Waals surface area contributed by atoms with Gasteiger partial charge in [0.25, 0.3) is 0 Å². The van der Waals surface area contributed by atoms with Gasteiger partial charge in [0.2, 0.25) is 0 Å². The van der Waals surface area contributed by atoms with Crippen molar-refractivity contribution in [1.29, 1.82) is 0 Å². The predicted molar refractivity (Wildman–Crippen MR) is 236 cm³/mol. The van der Waals surface area contributed by atoms with Crippen LogP contribution in [0.1, 0.15) is 94.5 Å². The van der Waals surface area contributed by atoms with Crippen molar-refractivity contribution in [2.75, 3.05) is 0 Å². The molecule has 56 heavy (non-hydrogen) atoms. The van der Waals surface area contributed by atoms with E-state index in [1.165, 1.54) is 0 Å². The number of Topliss-reactive ketones (excluding diaryl/α,β-unsaturated/α-hetero) is 2. The SMILES string of the molecule is CC(C)(C)C1=CC(=C(/N=N/c2ccccc2Br)c2cccc(C(/N=N/c3ccccc3Br)=C3C=C(C(C)(C)C)C(=O)C(C(C)(C)C)=C3)n2)C=C(C(C)(C)C)C1=O. The minimum Gasteiger partial charge on any atom is -0.289 e. The molecular formula is C47H51Br2N5O2. The minimum absolute atomic E-state index is 0.0202. The lowest BCUT2D eigenvalue weighted by Crippen LogP contribution is -2.28. The fourth-order valence-electron chi connectivity index (χ4n) is 6.25. The molecule has 3 aromatic rings. The molecule has 0 aliphatic heterocycles. The number of pyridine rings is 1. The van der Waals surface area contributed by atoms with Crippen LogP contribution in [0.3, 0.4) is 0 Å². The summed E-state index contributed by atoms with van der Waals surface area (Å²) in [6, 6.07) is 20.9. The van der Waals surface area contributed by atoms with E-state index in [4.69, 9.17) is 25.4 Å². The first-order valence-electron chi connectivity index (χ1n) is 18.7. The molecule has 2 aromatic carbocycles. The number of azo groups is 2. The largest absolute Gasteiger partial charge is 0.289 e. The summed E-state index contributed by atoms with van der Waals surface area (Å²) in [6.45, 7) is 24.5. The van der Waals surface area contributed by atoms with Gasteiger partial charge in [-0.1, -0.05) is 113 Å². The standard InChI is InChI=1S/C47H51Br2N5O2/c1-44(2,3)30-24-28(25-31(42(30)55)45(4,5)6)40(53-51-36-20-15-13-18-34(36)48)38-22-17-23-39(50-38)41(54-52-37-21-16-14-19-35(37)49)29-26-32(46(7,8)9)43(56)33(27-29)47(10,11)12/h13-27H,1-12H3/b53-51+,54-52+. The first-order chi connectivity index (χ1) is 26.0. The molecule has 5 rings (SSSR count). The molecule has 0 spiro atoms. The Morgan fingerprint density at radius 3 is 1.05 bits per heavy atom. The van der Waals surface area contributed by atoms with Gasteiger partial charge in [0.05, 0.1) is 22.8 Å². The molecule has 0 bridgehead atoms. The zero-order valence-electron chi connectivity index (χ0n) is 34.5. The van der Waals surface area contributed by atoms with Crippen LogP contribution in [0, 0.1) is 21.7 Å². The number of hydrogen-bond donors (Lipinski definition) is 0. The Morgan fingerprint density at radius 1 is 0.464 bits per heavy atom. The Bertz CT molecular complexity index is 2110. The van der Waals surface area contributed by atoms with E-state index in [1.807, 2.05) is 174 Å². The van der Waals surface area contributed by atoms with Crippen molar-refractivity contribution in [3.8, 4) is 0 Å². The van der Waals surface area contributed by atoms with Crippen LogP contribution in [0.4, 0.5) is 11.4 Å². The first-order valence-corrected chi connectivity index (χ1v) is 20.3. The van der Waals surface area contributed by atoms with Crippen LogP contribution < -0.4 is 0 Å². The van der Waals surface area contributed by atoms with Gasteiger partial charge in [0, 0.05) is 42.4 Å². The summed E-state index contributed by atoms with van der Waals surface area (Å²) in [5.74, 6) is 0.0403. The van der Waals surface area contributed by atoms with Gasteiger partial charge >= 0.3 is 0 Å². The summed E-state index contributed by atoms with van der Waals surface area (Å²) in [4.78, 5) is 33.2. The molecule has 2 aliphatic rings. The van der Waals surface area contributed by atoms with Crippen molar-refractivity contribution in [1.82, 2.24) is 4.98 Å². The van der Waals surface area contributed by atoms with Gasteiger partial charge in [-0.2, -0.15) is 0 Å². The number of rotatable bonds is 6.